The number of nitrogens with one attached hydrogen (secondary N) is 2. The molecule has 1 aliphatic heterocycles. The van der Waals surface area contributed by atoms with Gasteiger partial charge in [0.15, 0.2) is 0 Å². The van der Waals surface area contributed by atoms with Crippen molar-refractivity contribution in [1.82, 2.24) is 9.88 Å². The largest absolute Gasteiger partial charge is 0.391 e. The van der Waals surface area contributed by atoms with Gasteiger partial charge in [-0.2, -0.15) is 0 Å². The molecule has 3 amide bonds. The number of urea groups is 1. The van der Waals surface area contributed by atoms with Gasteiger partial charge >= 0.3 is 6.03 Å². The van der Waals surface area contributed by atoms with E-state index in [0.717, 1.165) is 40.3 Å². The molecule has 2 aromatic carbocycles. The Kier molecular flexibility index (Phi) is 5.27. The number of aryl methyl sites for hydroxylation is 1. The molecule has 32 heavy (non-hydrogen) atoms. The number of rotatable bonds is 4. The maximum atomic E-state index is 12.5. The number of hydrogen-bond donors (Lipinski definition) is 3. The maximum absolute atomic E-state index is 12.5. The van der Waals surface area contributed by atoms with Gasteiger partial charge in [-0.15, -0.1) is 0 Å². The highest BCUT2D eigenvalue weighted by molar-refractivity contribution is 5.96. The molecule has 1 aromatic heterocycles. The average molecular weight is 431 g/mol. The second kappa shape index (κ2) is 8.24. The van der Waals surface area contributed by atoms with Gasteiger partial charge in [-0.1, -0.05) is 18.2 Å². The van der Waals surface area contributed by atoms with Crippen LogP contribution in [-0.4, -0.2) is 46.1 Å². The number of β-amino-alcohol motifs (C(OH)–C–C–N with tert-alkyl or cyclic N) is 1. The number of pyridine rings is 1. The minimum absolute atomic E-state index is 0.0476. The van der Waals surface area contributed by atoms with Gasteiger partial charge in [0.1, 0.15) is 5.82 Å². The molecule has 5 rings (SSSR count). The van der Waals surface area contributed by atoms with Gasteiger partial charge in [0.05, 0.1) is 6.10 Å². The number of carbonyl (C=O) groups excluding carboxylic acids is 2. The van der Waals surface area contributed by atoms with Crippen LogP contribution in [-0.2, 0) is 4.79 Å². The first-order chi connectivity index (χ1) is 15.5. The zero-order chi connectivity index (χ0) is 22.2. The zero-order valence-corrected chi connectivity index (χ0v) is 18.0. The molecule has 1 saturated carbocycles. The smallest absolute Gasteiger partial charge is 0.321 e. The first kappa shape index (κ1) is 20.5. The number of amides is 3. The molecule has 2 aliphatic rings. The highest BCUT2D eigenvalue weighted by Crippen LogP contribution is 2.32. The molecule has 0 bridgehead atoms. The number of benzene rings is 2. The number of likely N-dealkylation sites (tertiary alicyclic amines) is 1. The van der Waals surface area contributed by atoms with Crippen LogP contribution in [0.25, 0.3) is 21.9 Å². The molecule has 1 aliphatic carbocycles. The van der Waals surface area contributed by atoms with Crippen LogP contribution in [0.5, 0.6) is 0 Å². The molecule has 0 spiro atoms. The normalized spacial score (nSPS) is 18.1. The van der Waals surface area contributed by atoms with Crippen molar-refractivity contribution in [3.05, 3.63) is 54.2 Å². The van der Waals surface area contributed by atoms with E-state index in [1.165, 1.54) is 0 Å². The van der Waals surface area contributed by atoms with E-state index >= 15 is 0 Å². The third-order valence-electron chi connectivity index (χ3n) is 6.17. The van der Waals surface area contributed by atoms with E-state index in [1.807, 2.05) is 43.3 Å². The first-order valence-corrected chi connectivity index (χ1v) is 11.0. The van der Waals surface area contributed by atoms with Crippen LogP contribution in [0.3, 0.4) is 0 Å². The van der Waals surface area contributed by atoms with Gasteiger partial charge in [0, 0.05) is 36.3 Å². The zero-order valence-electron chi connectivity index (χ0n) is 18.0. The highest BCUT2D eigenvalue weighted by atomic mass is 16.3. The predicted octanol–water partition coefficient (Wildman–Crippen LogP) is 4.16. The van der Waals surface area contributed by atoms with Gasteiger partial charge < -0.3 is 20.6 Å². The second-order valence-corrected chi connectivity index (χ2v) is 8.74. The Morgan fingerprint density at radius 2 is 1.88 bits per heavy atom. The van der Waals surface area contributed by atoms with E-state index in [-0.39, 0.29) is 17.9 Å². The monoisotopic (exact) mass is 430 g/mol. The molecule has 3 N–H and O–H groups in total. The van der Waals surface area contributed by atoms with Gasteiger partial charge in [-0.05, 0) is 72.5 Å². The number of carbonyl (C=O) groups is 2. The van der Waals surface area contributed by atoms with Crippen molar-refractivity contribution in [2.24, 2.45) is 5.92 Å². The predicted molar refractivity (Wildman–Crippen MR) is 124 cm³/mol. The second-order valence-electron chi connectivity index (χ2n) is 8.74. The average Bonchev–Trinajstić information content (AvgIpc) is 3.55. The lowest BCUT2D eigenvalue weighted by Gasteiger charge is -2.17. The van der Waals surface area contributed by atoms with Crippen LogP contribution in [0.1, 0.15) is 24.8 Å². The Hall–Kier alpha value is -3.45. The van der Waals surface area contributed by atoms with Crippen molar-refractivity contribution < 1.29 is 14.7 Å². The van der Waals surface area contributed by atoms with E-state index in [9.17, 15) is 14.7 Å². The molecule has 7 nitrogen and oxygen atoms in total. The van der Waals surface area contributed by atoms with Crippen molar-refractivity contribution in [2.45, 2.75) is 32.3 Å². The van der Waals surface area contributed by atoms with E-state index in [0.29, 0.717) is 31.0 Å². The standard InChI is InChI=1S/C25H26N4O3/c1-15-2-7-20(27-25(32)29-9-8-21(30)14-29)12-22(15)18-6-5-17-11-23(26-13-19(17)10-18)28-24(31)16-3-4-16/h2,5-7,10-13,16,21,30H,3-4,8-9,14H2,1H3,(H,27,32)(H,26,28,31). The van der Waals surface area contributed by atoms with Gasteiger partial charge in [-0.25, -0.2) is 9.78 Å². The fourth-order valence-corrected chi connectivity index (χ4v) is 4.09. The van der Waals surface area contributed by atoms with Gasteiger partial charge in [-0.3, -0.25) is 4.79 Å². The Morgan fingerprint density at radius 1 is 1.03 bits per heavy atom. The molecule has 1 unspecified atom stereocenters. The fraction of sp³-hybridized carbons (Fsp3) is 0.320. The van der Waals surface area contributed by atoms with Crippen molar-refractivity contribution in [3.8, 4) is 11.1 Å². The molecule has 0 radical (unpaired) electrons. The summed E-state index contributed by atoms with van der Waals surface area (Å²) in [4.78, 5) is 30.5. The number of hydrogen-bond acceptors (Lipinski definition) is 4. The molecule has 164 valence electrons. The summed E-state index contributed by atoms with van der Waals surface area (Å²) in [5.74, 6) is 0.766. The maximum Gasteiger partial charge on any atom is 0.321 e. The summed E-state index contributed by atoms with van der Waals surface area (Å²) < 4.78 is 0. The lowest BCUT2D eigenvalue weighted by molar-refractivity contribution is -0.117. The summed E-state index contributed by atoms with van der Waals surface area (Å²) in [7, 11) is 0. The number of aliphatic hydroxyl groups is 1. The molecule has 2 fully saturated rings. The Balaban J connectivity index is 1.37. The number of aromatic nitrogens is 1. The quantitative estimate of drug-likeness (QED) is 0.579. The van der Waals surface area contributed by atoms with E-state index in [4.69, 9.17) is 0 Å². The van der Waals surface area contributed by atoms with Crippen molar-refractivity contribution in [2.75, 3.05) is 23.7 Å². The molecule has 1 saturated heterocycles. The SMILES string of the molecule is Cc1ccc(NC(=O)N2CCC(O)C2)cc1-c1ccc2cc(NC(=O)C3CC3)ncc2c1. The van der Waals surface area contributed by atoms with Crippen molar-refractivity contribution in [3.63, 3.8) is 0 Å². The number of nitrogens with zero attached hydrogens (tertiary/aromatic N) is 2. The topological polar surface area (TPSA) is 94.6 Å². The van der Waals surface area contributed by atoms with Crippen LogP contribution >= 0.6 is 0 Å². The van der Waals surface area contributed by atoms with Crippen LogP contribution in [0.15, 0.2) is 48.7 Å². The lowest BCUT2D eigenvalue weighted by Crippen LogP contribution is -2.33. The van der Waals surface area contributed by atoms with Gasteiger partial charge in [0.25, 0.3) is 0 Å². The number of fused-ring (bicyclic) bond motifs is 1. The fourth-order valence-electron chi connectivity index (χ4n) is 4.09. The Bertz CT molecular complexity index is 1210. The van der Waals surface area contributed by atoms with Crippen LogP contribution in [0.2, 0.25) is 0 Å². The summed E-state index contributed by atoms with van der Waals surface area (Å²) in [6.07, 6.45) is 3.87. The number of aliphatic hydroxyl groups excluding tert-OH is 1. The Morgan fingerprint density at radius 3 is 2.62 bits per heavy atom. The van der Waals surface area contributed by atoms with E-state index in [2.05, 4.69) is 21.7 Å². The van der Waals surface area contributed by atoms with Crippen LogP contribution in [0, 0.1) is 12.8 Å². The summed E-state index contributed by atoms with van der Waals surface area (Å²) in [6, 6.07) is 13.7. The molecule has 3 aromatic rings. The first-order valence-electron chi connectivity index (χ1n) is 11.0. The summed E-state index contributed by atoms with van der Waals surface area (Å²) in [5, 5.41) is 17.5. The lowest BCUT2D eigenvalue weighted by atomic mass is 9.98. The summed E-state index contributed by atoms with van der Waals surface area (Å²) in [5.41, 5.74) is 3.87. The summed E-state index contributed by atoms with van der Waals surface area (Å²) >= 11 is 0. The minimum atomic E-state index is -0.442. The third-order valence-corrected chi connectivity index (χ3v) is 6.17. The summed E-state index contributed by atoms with van der Waals surface area (Å²) in [6.45, 7) is 2.97. The molecule has 7 heteroatoms. The van der Waals surface area contributed by atoms with Crippen LogP contribution in [0.4, 0.5) is 16.3 Å². The van der Waals surface area contributed by atoms with Gasteiger partial charge in [0.2, 0.25) is 5.91 Å². The van der Waals surface area contributed by atoms with E-state index in [1.54, 1.807) is 11.1 Å². The Labute approximate surface area is 186 Å². The molecular weight excluding hydrogens is 404 g/mol. The number of anilines is 2. The van der Waals surface area contributed by atoms with E-state index < -0.39 is 6.10 Å². The van der Waals surface area contributed by atoms with Crippen molar-refractivity contribution >= 4 is 34.2 Å². The van der Waals surface area contributed by atoms with Crippen LogP contribution < -0.4 is 10.6 Å². The molecular formula is C25H26N4O3. The molecule has 2 heterocycles. The third kappa shape index (κ3) is 4.29. The minimum Gasteiger partial charge on any atom is -0.391 e. The highest BCUT2D eigenvalue weighted by Gasteiger charge is 2.29. The molecule has 1 atom stereocenters. The van der Waals surface area contributed by atoms with Crippen molar-refractivity contribution in [1.29, 1.82) is 0 Å².